The van der Waals surface area contributed by atoms with Crippen LogP contribution in [-0.4, -0.2) is 59.2 Å². The van der Waals surface area contributed by atoms with Gasteiger partial charge in [-0.3, -0.25) is 4.79 Å². The molecule has 3 saturated heterocycles. The van der Waals surface area contributed by atoms with E-state index in [1.807, 2.05) is 6.92 Å². The Labute approximate surface area is 185 Å². The van der Waals surface area contributed by atoms with Gasteiger partial charge in [0.15, 0.2) is 11.7 Å². The van der Waals surface area contributed by atoms with Gasteiger partial charge in [-0.25, -0.2) is 4.99 Å². The van der Waals surface area contributed by atoms with Gasteiger partial charge in [0.1, 0.15) is 11.6 Å². The number of rotatable bonds is 3. The number of aliphatic imine (C=N–C) groups is 1. The average Bonchev–Trinajstić information content (AvgIpc) is 3.03. The fourth-order valence-electron chi connectivity index (χ4n) is 6.51. The quantitative estimate of drug-likeness (QED) is 0.545. The molecule has 5 heterocycles. The molecular weight excluding hydrogens is 394 g/mol. The average molecular weight is 432 g/mol. The molecule has 172 valence electrons. The summed E-state index contributed by atoms with van der Waals surface area (Å²) >= 11 is 0. The van der Waals surface area contributed by atoms with Gasteiger partial charge in [-0.1, -0.05) is 19.1 Å². The molecule has 7 atom stereocenters. The van der Waals surface area contributed by atoms with Crippen molar-refractivity contribution in [3.05, 3.63) is 12.2 Å². The zero-order chi connectivity index (χ0) is 21.6. The van der Waals surface area contributed by atoms with Gasteiger partial charge < -0.3 is 24.4 Å². The molecule has 31 heavy (non-hydrogen) atoms. The Hall–Kier alpha value is -1.60. The monoisotopic (exact) mass is 431 g/mol. The topological polar surface area (TPSA) is 72.4 Å². The number of hydrogen-bond acceptors (Lipinski definition) is 7. The van der Waals surface area contributed by atoms with E-state index in [-0.39, 0.29) is 30.1 Å². The number of ether oxygens (including phenoxy) is 3. The van der Waals surface area contributed by atoms with Gasteiger partial charge in [-0.2, -0.15) is 0 Å². The number of carbonyl (C=O) groups excluding carboxylic acids is 1. The van der Waals surface area contributed by atoms with Gasteiger partial charge >= 0.3 is 5.97 Å². The summed E-state index contributed by atoms with van der Waals surface area (Å²) in [4.78, 5) is 20.8. The highest BCUT2D eigenvalue weighted by Gasteiger charge is 2.61. The minimum atomic E-state index is -0.839. The lowest BCUT2D eigenvalue weighted by Gasteiger charge is -2.55. The first-order valence-electron chi connectivity index (χ1n) is 12.3. The molecule has 2 spiro atoms. The van der Waals surface area contributed by atoms with Crippen molar-refractivity contribution in [1.29, 1.82) is 0 Å². The molecule has 7 heteroatoms. The summed E-state index contributed by atoms with van der Waals surface area (Å²) < 4.78 is 18.8. The fraction of sp³-hybridized carbons (Fsp3) is 0.833. The Bertz CT molecular complexity index is 770. The second-order valence-electron chi connectivity index (χ2n) is 9.89. The van der Waals surface area contributed by atoms with E-state index in [9.17, 15) is 4.79 Å². The third-order valence-electron chi connectivity index (χ3n) is 7.80. The summed E-state index contributed by atoms with van der Waals surface area (Å²) in [6, 6.07) is 0.397. The number of hydrogen-bond donors (Lipinski definition) is 1. The summed E-state index contributed by atoms with van der Waals surface area (Å²) in [5.74, 6) is 0.330. The molecule has 7 nitrogen and oxygen atoms in total. The van der Waals surface area contributed by atoms with Crippen molar-refractivity contribution >= 4 is 11.9 Å². The lowest BCUT2D eigenvalue weighted by molar-refractivity contribution is -0.193. The Balaban J connectivity index is 1.54. The van der Waals surface area contributed by atoms with E-state index in [0.717, 1.165) is 63.7 Å². The van der Waals surface area contributed by atoms with Gasteiger partial charge in [0.05, 0.1) is 24.9 Å². The number of nitrogens with zero attached hydrogens (tertiary/aromatic N) is 2. The summed E-state index contributed by atoms with van der Waals surface area (Å²) in [7, 11) is 0. The van der Waals surface area contributed by atoms with Crippen molar-refractivity contribution < 1.29 is 19.0 Å². The molecule has 5 aliphatic heterocycles. The number of guanidine groups is 1. The number of allylic oxidation sites excluding steroid dienone is 1. The van der Waals surface area contributed by atoms with Crippen molar-refractivity contribution in [3.63, 3.8) is 0 Å². The Morgan fingerprint density at radius 3 is 2.94 bits per heavy atom. The van der Waals surface area contributed by atoms with Crippen LogP contribution in [0.1, 0.15) is 78.6 Å². The van der Waals surface area contributed by atoms with Crippen molar-refractivity contribution in [1.82, 2.24) is 10.2 Å². The fourth-order valence-corrected chi connectivity index (χ4v) is 6.51. The van der Waals surface area contributed by atoms with Crippen molar-refractivity contribution in [2.75, 3.05) is 6.61 Å². The maximum Gasteiger partial charge on any atom is 0.316 e. The first-order valence-corrected chi connectivity index (χ1v) is 12.3. The lowest BCUT2D eigenvalue weighted by atomic mass is 9.80. The molecule has 0 radical (unpaired) electrons. The van der Waals surface area contributed by atoms with Gasteiger partial charge in [0.25, 0.3) is 0 Å². The Morgan fingerprint density at radius 1 is 1.29 bits per heavy atom. The van der Waals surface area contributed by atoms with Gasteiger partial charge in [-0.15, -0.1) is 0 Å². The Morgan fingerprint density at radius 2 is 2.16 bits per heavy atom. The highest BCUT2D eigenvalue weighted by molar-refractivity contribution is 5.87. The van der Waals surface area contributed by atoms with Crippen LogP contribution in [0.15, 0.2) is 17.1 Å². The Kier molecular flexibility index (Phi) is 5.53. The number of esters is 1. The highest BCUT2D eigenvalue weighted by atomic mass is 16.6. The van der Waals surface area contributed by atoms with E-state index in [2.05, 4.69) is 36.2 Å². The van der Waals surface area contributed by atoms with Crippen molar-refractivity contribution in [3.8, 4) is 0 Å². The van der Waals surface area contributed by atoms with Gasteiger partial charge in [-0.05, 0) is 65.2 Å². The van der Waals surface area contributed by atoms with E-state index in [0.29, 0.717) is 12.6 Å². The van der Waals surface area contributed by atoms with Gasteiger partial charge in [0, 0.05) is 12.5 Å². The molecule has 0 unspecified atom stereocenters. The first kappa shape index (κ1) is 21.3. The molecule has 0 aromatic rings. The van der Waals surface area contributed by atoms with Crippen LogP contribution in [0, 0.1) is 5.92 Å². The van der Waals surface area contributed by atoms with Crippen LogP contribution in [-0.2, 0) is 19.0 Å². The molecule has 5 rings (SSSR count). The van der Waals surface area contributed by atoms with Crippen LogP contribution in [0.5, 0.6) is 0 Å². The minimum Gasteiger partial charge on any atom is -0.466 e. The molecule has 0 amide bonds. The maximum absolute atomic E-state index is 13.2. The summed E-state index contributed by atoms with van der Waals surface area (Å²) in [6.07, 6.45) is 13.2. The molecule has 5 aliphatic rings. The van der Waals surface area contributed by atoms with E-state index in [4.69, 9.17) is 19.2 Å². The van der Waals surface area contributed by atoms with Gasteiger partial charge in [0.2, 0.25) is 0 Å². The third-order valence-corrected chi connectivity index (χ3v) is 7.80. The molecule has 0 saturated carbocycles. The molecular formula is C24H37N3O4. The second-order valence-corrected chi connectivity index (χ2v) is 9.89. The van der Waals surface area contributed by atoms with E-state index < -0.39 is 11.4 Å². The highest BCUT2D eigenvalue weighted by Crippen LogP contribution is 2.49. The molecule has 0 bridgehead atoms. The first-order chi connectivity index (χ1) is 15.0. The molecule has 0 aromatic heterocycles. The predicted octanol–water partition coefficient (Wildman–Crippen LogP) is 3.49. The third kappa shape index (κ3) is 3.58. The molecule has 0 aromatic carbocycles. The van der Waals surface area contributed by atoms with Crippen LogP contribution < -0.4 is 5.32 Å². The molecule has 1 N–H and O–H groups in total. The van der Waals surface area contributed by atoms with Crippen LogP contribution in [0.2, 0.25) is 0 Å². The number of nitrogens with one attached hydrogen (secondary N) is 1. The van der Waals surface area contributed by atoms with Crippen LogP contribution in [0.25, 0.3) is 0 Å². The summed E-state index contributed by atoms with van der Waals surface area (Å²) in [5.41, 5.74) is -1.24. The second kappa shape index (κ2) is 8.07. The zero-order valence-electron chi connectivity index (χ0n) is 19.1. The van der Waals surface area contributed by atoms with Crippen LogP contribution >= 0.6 is 0 Å². The summed E-state index contributed by atoms with van der Waals surface area (Å²) in [5, 5.41) is 3.74. The largest absolute Gasteiger partial charge is 0.466 e. The molecule has 3 fully saturated rings. The van der Waals surface area contributed by atoms with Crippen molar-refractivity contribution in [2.24, 2.45) is 10.9 Å². The smallest absolute Gasteiger partial charge is 0.316 e. The van der Waals surface area contributed by atoms with E-state index >= 15 is 0 Å². The minimum absolute atomic E-state index is 0.0672. The molecule has 0 aliphatic carbocycles. The predicted molar refractivity (Wildman–Crippen MR) is 117 cm³/mol. The summed E-state index contributed by atoms with van der Waals surface area (Å²) in [6.45, 7) is 6.52. The zero-order valence-corrected chi connectivity index (χ0v) is 19.1. The SMILES string of the molecule is CCOC(=O)[C@H]1[C@H]2CC[C@H]3C[C@@]4(CCC=C[C@H](CC)O4)NC(=N[C@@]14CCC[C@@H](C)O4)N32. The lowest BCUT2D eigenvalue weighted by Crippen LogP contribution is -2.71. The maximum atomic E-state index is 13.2. The standard InChI is InChI=1S/C24H37N3O4/c1-4-18-10-6-7-13-23(31-18)15-17-11-12-19-20(21(28)29-5-2)24(14-8-9-16(3)30-24)26-22(25-23)27(17)19/h6,10,16-20H,4-5,7-9,11-15H2,1-3H3,(H,25,26)/t16-,17+,18+,19-,20-,23+,24-/m1/s1. The van der Waals surface area contributed by atoms with Crippen LogP contribution in [0.4, 0.5) is 0 Å². The van der Waals surface area contributed by atoms with Crippen LogP contribution in [0.3, 0.4) is 0 Å². The van der Waals surface area contributed by atoms with E-state index in [1.54, 1.807) is 0 Å². The number of carbonyl (C=O) groups is 1. The van der Waals surface area contributed by atoms with Crippen molar-refractivity contribution in [2.45, 2.75) is 114 Å². The van der Waals surface area contributed by atoms with E-state index in [1.165, 1.54) is 0 Å². The normalized spacial score (nSPS) is 43.9.